The van der Waals surface area contributed by atoms with E-state index < -0.39 is 16.9 Å². The first-order valence-corrected chi connectivity index (χ1v) is 7.75. The minimum Gasteiger partial charge on any atom is -0.504 e. The maximum Gasteiger partial charge on any atom is 0.324 e. The summed E-state index contributed by atoms with van der Waals surface area (Å²) in [5.41, 5.74) is -0.628. The molecule has 6 nitrogen and oxygen atoms in total. The number of benzene rings is 1. The fraction of sp³-hybridized carbons (Fsp3) is 0.529. The van der Waals surface area contributed by atoms with Gasteiger partial charge in [0.05, 0.1) is 18.6 Å². The van der Waals surface area contributed by atoms with Crippen LogP contribution in [-0.2, 0) is 10.2 Å². The molecule has 0 amide bonds. The molecule has 0 spiro atoms. The molecule has 2 aliphatic rings. The molecule has 0 radical (unpaired) electrons. The van der Waals surface area contributed by atoms with Crippen LogP contribution in [0.5, 0.6) is 11.5 Å². The number of hydrogen-bond donors (Lipinski definition) is 2. The summed E-state index contributed by atoms with van der Waals surface area (Å²) < 4.78 is 5.04. The predicted molar refractivity (Wildman–Crippen MR) is 82.4 cm³/mol. The minimum absolute atomic E-state index is 0.0197. The first kappa shape index (κ1) is 15.6. The Balaban J connectivity index is 1.81. The van der Waals surface area contributed by atoms with Gasteiger partial charge in [-0.25, -0.2) is 0 Å². The standard InChI is InChI=1S/C17H20N2O4/c1-23-14-3-2-12(10-13(14)20)16(11-18)6-8-19(9-7-16)17(4-5-17)15(21)22/h2-3,10,20H,4-9H2,1H3,(H,21,22). The highest BCUT2D eigenvalue weighted by Crippen LogP contribution is 2.46. The van der Waals surface area contributed by atoms with Crippen LogP contribution < -0.4 is 4.74 Å². The lowest BCUT2D eigenvalue weighted by Gasteiger charge is -2.40. The molecule has 1 aliphatic carbocycles. The van der Waals surface area contributed by atoms with E-state index in [1.54, 1.807) is 12.1 Å². The quantitative estimate of drug-likeness (QED) is 0.881. The maximum atomic E-state index is 11.4. The number of piperidine rings is 1. The molecule has 23 heavy (non-hydrogen) atoms. The molecule has 0 unspecified atom stereocenters. The van der Waals surface area contributed by atoms with Crippen LogP contribution in [0.25, 0.3) is 0 Å². The number of carboxylic acids is 1. The highest BCUT2D eigenvalue weighted by Gasteiger charge is 2.56. The molecule has 0 bridgehead atoms. The van der Waals surface area contributed by atoms with E-state index in [0.717, 1.165) is 5.56 Å². The number of methoxy groups -OCH3 is 1. The van der Waals surface area contributed by atoms with Gasteiger partial charge in [-0.15, -0.1) is 0 Å². The second kappa shape index (κ2) is 5.43. The number of likely N-dealkylation sites (tertiary alicyclic amines) is 1. The second-order valence-corrected chi connectivity index (χ2v) is 6.40. The SMILES string of the molecule is COc1ccc(C2(C#N)CCN(C3(C(=O)O)CC3)CC2)cc1O. The zero-order chi connectivity index (χ0) is 16.7. The van der Waals surface area contributed by atoms with Crippen LogP contribution in [-0.4, -0.2) is 46.8 Å². The average molecular weight is 316 g/mol. The van der Waals surface area contributed by atoms with E-state index in [1.165, 1.54) is 7.11 Å². The average Bonchev–Trinajstić information content (AvgIpc) is 3.37. The number of carbonyl (C=O) groups is 1. The van der Waals surface area contributed by atoms with Gasteiger partial charge in [0.25, 0.3) is 0 Å². The van der Waals surface area contributed by atoms with Crippen molar-refractivity contribution in [2.45, 2.75) is 36.6 Å². The topological polar surface area (TPSA) is 93.8 Å². The zero-order valence-corrected chi connectivity index (χ0v) is 13.1. The molecule has 6 heteroatoms. The first-order valence-electron chi connectivity index (χ1n) is 7.75. The van der Waals surface area contributed by atoms with Crippen molar-refractivity contribution >= 4 is 5.97 Å². The Labute approximate surface area is 134 Å². The molecule has 1 aromatic carbocycles. The van der Waals surface area contributed by atoms with E-state index in [4.69, 9.17) is 4.74 Å². The lowest BCUT2D eigenvalue weighted by atomic mass is 9.73. The molecule has 1 heterocycles. The largest absolute Gasteiger partial charge is 0.504 e. The van der Waals surface area contributed by atoms with Crippen LogP contribution in [0.4, 0.5) is 0 Å². The van der Waals surface area contributed by atoms with Crippen molar-refractivity contribution in [3.05, 3.63) is 23.8 Å². The third-order valence-corrected chi connectivity index (χ3v) is 5.29. The number of ether oxygens (including phenoxy) is 1. The molecule has 0 atom stereocenters. The number of rotatable bonds is 4. The highest BCUT2D eigenvalue weighted by molar-refractivity contribution is 5.82. The summed E-state index contributed by atoms with van der Waals surface area (Å²) in [5, 5.41) is 29.1. The van der Waals surface area contributed by atoms with Gasteiger partial charge in [-0.1, -0.05) is 6.07 Å². The van der Waals surface area contributed by atoms with Gasteiger partial charge in [0.1, 0.15) is 5.54 Å². The molecule has 3 rings (SSSR count). The van der Waals surface area contributed by atoms with E-state index in [0.29, 0.717) is 44.5 Å². The van der Waals surface area contributed by atoms with Crippen LogP contribution in [0.2, 0.25) is 0 Å². The number of phenols is 1. The molecular formula is C17H20N2O4. The first-order chi connectivity index (χ1) is 11.0. The van der Waals surface area contributed by atoms with Gasteiger partial charge in [-0.2, -0.15) is 5.26 Å². The number of nitriles is 1. The van der Waals surface area contributed by atoms with Gasteiger partial charge >= 0.3 is 5.97 Å². The third-order valence-electron chi connectivity index (χ3n) is 5.29. The fourth-order valence-electron chi connectivity index (χ4n) is 3.55. The minimum atomic E-state index is -0.760. The third kappa shape index (κ3) is 2.41. The van der Waals surface area contributed by atoms with E-state index >= 15 is 0 Å². The molecule has 0 aromatic heterocycles. The summed E-state index contributed by atoms with van der Waals surface area (Å²) in [6.45, 7) is 1.15. The van der Waals surface area contributed by atoms with Crippen molar-refractivity contribution < 1.29 is 19.7 Å². The number of phenolic OH excluding ortho intramolecular Hbond substituents is 1. The van der Waals surface area contributed by atoms with Gasteiger partial charge < -0.3 is 14.9 Å². The summed E-state index contributed by atoms with van der Waals surface area (Å²) in [7, 11) is 1.48. The second-order valence-electron chi connectivity index (χ2n) is 6.40. The predicted octanol–water partition coefficient (Wildman–Crippen LogP) is 1.88. The Kier molecular flexibility index (Phi) is 3.69. The molecule has 1 aromatic rings. The molecule has 2 N–H and O–H groups in total. The summed E-state index contributed by atoms with van der Waals surface area (Å²) in [5.74, 6) is -0.364. The normalized spacial score (nSPS) is 22.1. The number of aliphatic carboxylic acids is 1. The maximum absolute atomic E-state index is 11.4. The monoisotopic (exact) mass is 316 g/mol. The van der Waals surface area contributed by atoms with Crippen LogP contribution in [0.15, 0.2) is 18.2 Å². The molecule has 2 fully saturated rings. The molecule has 1 aliphatic heterocycles. The van der Waals surface area contributed by atoms with E-state index in [-0.39, 0.29) is 5.75 Å². The smallest absolute Gasteiger partial charge is 0.324 e. The lowest BCUT2D eigenvalue weighted by Crippen LogP contribution is -2.51. The number of nitrogens with zero attached hydrogens (tertiary/aromatic N) is 2. The van der Waals surface area contributed by atoms with E-state index in [9.17, 15) is 20.3 Å². The van der Waals surface area contributed by atoms with Crippen LogP contribution >= 0.6 is 0 Å². The zero-order valence-electron chi connectivity index (χ0n) is 13.1. The van der Waals surface area contributed by atoms with Gasteiger partial charge in [-0.3, -0.25) is 9.69 Å². The summed E-state index contributed by atoms with van der Waals surface area (Å²) in [6.07, 6.45) is 2.49. The Morgan fingerprint density at radius 3 is 2.39 bits per heavy atom. The Morgan fingerprint density at radius 1 is 1.30 bits per heavy atom. The molecule has 1 saturated carbocycles. The Bertz CT molecular complexity index is 668. The van der Waals surface area contributed by atoms with Crippen molar-refractivity contribution in [3.8, 4) is 17.6 Å². The van der Waals surface area contributed by atoms with Crippen molar-refractivity contribution in [2.24, 2.45) is 0 Å². The molecule has 1 saturated heterocycles. The van der Waals surface area contributed by atoms with Gasteiger partial charge in [0.2, 0.25) is 0 Å². The van der Waals surface area contributed by atoms with Gasteiger partial charge in [-0.05, 0) is 43.4 Å². The van der Waals surface area contributed by atoms with Crippen molar-refractivity contribution in [1.82, 2.24) is 4.90 Å². The van der Waals surface area contributed by atoms with E-state index in [1.807, 2.05) is 11.0 Å². The summed E-state index contributed by atoms with van der Waals surface area (Å²) in [6, 6.07) is 7.45. The molecule has 122 valence electrons. The van der Waals surface area contributed by atoms with Gasteiger partial charge in [0.15, 0.2) is 11.5 Å². The summed E-state index contributed by atoms with van der Waals surface area (Å²) in [4.78, 5) is 13.4. The van der Waals surface area contributed by atoms with Crippen LogP contribution in [0, 0.1) is 11.3 Å². The van der Waals surface area contributed by atoms with Crippen molar-refractivity contribution in [3.63, 3.8) is 0 Å². The van der Waals surface area contributed by atoms with Gasteiger partial charge in [0, 0.05) is 13.1 Å². The molecular weight excluding hydrogens is 296 g/mol. The van der Waals surface area contributed by atoms with Crippen molar-refractivity contribution in [1.29, 1.82) is 5.26 Å². The fourth-order valence-corrected chi connectivity index (χ4v) is 3.55. The Morgan fingerprint density at radius 2 is 1.96 bits per heavy atom. The van der Waals surface area contributed by atoms with E-state index in [2.05, 4.69) is 6.07 Å². The summed E-state index contributed by atoms with van der Waals surface area (Å²) >= 11 is 0. The number of carboxylic acid groups (broad SMARTS) is 1. The highest BCUT2D eigenvalue weighted by atomic mass is 16.5. The number of aromatic hydroxyl groups is 1. The van der Waals surface area contributed by atoms with Crippen LogP contribution in [0.1, 0.15) is 31.2 Å². The van der Waals surface area contributed by atoms with Crippen LogP contribution in [0.3, 0.4) is 0 Å². The Hall–Kier alpha value is -2.26. The lowest BCUT2D eigenvalue weighted by molar-refractivity contribution is -0.145. The number of hydrogen-bond acceptors (Lipinski definition) is 5. The van der Waals surface area contributed by atoms with Crippen molar-refractivity contribution in [2.75, 3.05) is 20.2 Å².